The summed E-state index contributed by atoms with van der Waals surface area (Å²) in [5, 5.41) is 3.71. The molecule has 1 heterocycles. The van der Waals surface area contributed by atoms with Gasteiger partial charge in [0.05, 0.1) is 0 Å². The van der Waals surface area contributed by atoms with Crippen LogP contribution in [0.5, 0.6) is 0 Å². The van der Waals surface area contributed by atoms with Crippen molar-refractivity contribution in [2.45, 2.75) is 44.6 Å². The Balaban J connectivity index is 1.91. The molecular weight excluding hydrogens is 238 g/mol. The van der Waals surface area contributed by atoms with Gasteiger partial charge in [0, 0.05) is 10.2 Å². The van der Waals surface area contributed by atoms with Crippen molar-refractivity contribution in [1.29, 1.82) is 0 Å². The molecule has 0 spiro atoms. The molecule has 1 aliphatic carbocycles. The maximum atomic E-state index is 6.69. The summed E-state index contributed by atoms with van der Waals surface area (Å²) in [7, 11) is 0. The van der Waals surface area contributed by atoms with Crippen LogP contribution in [0.15, 0.2) is 29.6 Å². The summed E-state index contributed by atoms with van der Waals surface area (Å²) in [6.07, 6.45) is 6.16. The van der Waals surface area contributed by atoms with Gasteiger partial charge in [0.15, 0.2) is 0 Å². The van der Waals surface area contributed by atoms with Crippen LogP contribution in [0.2, 0.25) is 0 Å². The van der Waals surface area contributed by atoms with E-state index in [2.05, 4.69) is 36.6 Å². The molecule has 1 aliphatic rings. The minimum atomic E-state index is 0.0160. The van der Waals surface area contributed by atoms with E-state index in [4.69, 9.17) is 5.73 Å². The van der Waals surface area contributed by atoms with Crippen LogP contribution in [0.1, 0.15) is 38.2 Å². The Morgan fingerprint density at radius 1 is 1.33 bits per heavy atom. The van der Waals surface area contributed by atoms with E-state index in [0.29, 0.717) is 5.92 Å². The lowest BCUT2D eigenvalue weighted by molar-refractivity contribution is 0.204. The van der Waals surface area contributed by atoms with Crippen LogP contribution in [0.3, 0.4) is 0 Å². The summed E-state index contributed by atoms with van der Waals surface area (Å²) >= 11 is 1.85. The number of rotatable bonds is 2. The third kappa shape index (κ3) is 2.08. The molecule has 0 radical (unpaired) electrons. The third-order valence-electron chi connectivity index (χ3n) is 4.59. The first-order chi connectivity index (χ1) is 8.69. The maximum absolute atomic E-state index is 6.69. The Hall–Kier alpha value is -0.860. The molecule has 2 N–H and O–H groups in total. The highest BCUT2D eigenvalue weighted by Gasteiger charge is 2.34. The van der Waals surface area contributed by atoms with Crippen molar-refractivity contribution < 1.29 is 0 Å². The predicted octanol–water partition coefficient (Wildman–Crippen LogP) is 4.35. The average molecular weight is 259 g/mol. The molecule has 2 unspecified atom stereocenters. The molecule has 0 bridgehead atoms. The van der Waals surface area contributed by atoms with Crippen molar-refractivity contribution in [3.63, 3.8) is 0 Å². The van der Waals surface area contributed by atoms with E-state index in [1.54, 1.807) is 0 Å². The van der Waals surface area contributed by atoms with Crippen LogP contribution in [0, 0.1) is 5.92 Å². The molecule has 96 valence electrons. The van der Waals surface area contributed by atoms with E-state index in [9.17, 15) is 0 Å². The van der Waals surface area contributed by atoms with Crippen molar-refractivity contribution in [2.75, 3.05) is 0 Å². The van der Waals surface area contributed by atoms with Crippen molar-refractivity contribution in [3.8, 4) is 0 Å². The number of fused-ring (bicyclic) bond motifs is 1. The first-order valence-corrected chi connectivity index (χ1v) is 7.81. The Labute approximate surface area is 113 Å². The highest BCUT2D eigenvalue weighted by atomic mass is 32.1. The highest BCUT2D eigenvalue weighted by Crippen LogP contribution is 2.37. The zero-order chi connectivity index (χ0) is 12.6. The summed E-state index contributed by atoms with van der Waals surface area (Å²) in [5.41, 5.74) is 8.16. The molecular formula is C16H21NS. The topological polar surface area (TPSA) is 26.0 Å². The molecule has 2 atom stereocenters. The van der Waals surface area contributed by atoms with E-state index in [-0.39, 0.29) is 5.54 Å². The van der Waals surface area contributed by atoms with Gasteiger partial charge in [-0.15, -0.1) is 11.3 Å². The van der Waals surface area contributed by atoms with Crippen molar-refractivity contribution in [1.82, 2.24) is 0 Å². The van der Waals surface area contributed by atoms with Gasteiger partial charge in [-0.2, -0.15) is 0 Å². The van der Waals surface area contributed by atoms with E-state index < -0.39 is 0 Å². The van der Waals surface area contributed by atoms with Crippen molar-refractivity contribution in [2.24, 2.45) is 11.7 Å². The second kappa shape index (κ2) is 4.67. The zero-order valence-electron chi connectivity index (χ0n) is 11.0. The summed E-state index contributed by atoms with van der Waals surface area (Å²) in [6.45, 7) is 2.33. The highest BCUT2D eigenvalue weighted by molar-refractivity contribution is 7.17. The standard InChI is InChI=1S/C16H21NS/c1-12-6-4-5-9-16(12,17)10-13-11-18-15-8-3-2-7-14(13)15/h2-3,7-8,11-12H,4-6,9-10,17H2,1H3. The van der Waals surface area contributed by atoms with Gasteiger partial charge in [-0.1, -0.05) is 38.0 Å². The molecule has 1 aromatic heterocycles. The van der Waals surface area contributed by atoms with Crippen LogP contribution in [0.25, 0.3) is 10.1 Å². The number of nitrogens with two attached hydrogens (primary N) is 1. The van der Waals surface area contributed by atoms with E-state index in [1.165, 1.54) is 41.3 Å². The molecule has 1 aromatic carbocycles. The summed E-state index contributed by atoms with van der Waals surface area (Å²) < 4.78 is 1.39. The maximum Gasteiger partial charge on any atom is 0.0345 e. The summed E-state index contributed by atoms with van der Waals surface area (Å²) in [5.74, 6) is 0.643. The molecule has 18 heavy (non-hydrogen) atoms. The average Bonchev–Trinajstić information content (AvgIpc) is 2.77. The van der Waals surface area contributed by atoms with Crippen LogP contribution in [-0.4, -0.2) is 5.54 Å². The Morgan fingerprint density at radius 2 is 2.17 bits per heavy atom. The minimum absolute atomic E-state index is 0.0160. The molecule has 1 fully saturated rings. The Bertz CT molecular complexity index is 545. The van der Waals surface area contributed by atoms with Crippen LogP contribution in [0.4, 0.5) is 0 Å². The quantitative estimate of drug-likeness (QED) is 0.852. The predicted molar refractivity (Wildman–Crippen MR) is 80.1 cm³/mol. The lowest BCUT2D eigenvalue weighted by Crippen LogP contribution is -2.49. The van der Waals surface area contributed by atoms with Gasteiger partial charge in [0.1, 0.15) is 0 Å². The van der Waals surface area contributed by atoms with Crippen molar-refractivity contribution >= 4 is 21.4 Å². The smallest absolute Gasteiger partial charge is 0.0345 e. The van der Waals surface area contributed by atoms with Gasteiger partial charge in [-0.25, -0.2) is 0 Å². The first kappa shape index (κ1) is 12.2. The van der Waals surface area contributed by atoms with Crippen LogP contribution >= 0.6 is 11.3 Å². The SMILES string of the molecule is CC1CCCCC1(N)Cc1csc2ccccc12. The van der Waals surface area contributed by atoms with E-state index in [1.807, 2.05) is 11.3 Å². The first-order valence-electron chi connectivity index (χ1n) is 6.93. The van der Waals surface area contributed by atoms with E-state index in [0.717, 1.165) is 6.42 Å². The number of hydrogen-bond donors (Lipinski definition) is 1. The molecule has 0 aliphatic heterocycles. The van der Waals surface area contributed by atoms with Gasteiger partial charge in [-0.05, 0) is 47.6 Å². The number of hydrogen-bond acceptors (Lipinski definition) is 2. The van der Waals surface area contributed by atoms with Crippen molar-refractivity contribution in [3.05, 3.63) is 35.2 Å². The normalized spacial score (nSPS) is 28.7. The molecule has 1 nitrogen and oxygen atoms in total. The van der Waals surface area contributed by atoms with Gasteiger partial charge >= 0.3 is 0 Å². The number of thiophene rings is 1. The second-order valence-electron chi connectivity index (χ2n) is 5.81. The second-order valence-corrected chi connectivity index (χ2v) is 6.73. The minimum Gasteiger partial charge on any atom is -0.325 e. The molecule has 0 amide bonds. The van der Waals surface area contributed by atoms with Gasteiger partial charge in [0.2, 0.25) is 0 Å². The van der Waals surface area contributed by atoms with E-state index >= 15 is 0 Å². The lowest BCUT2D eigenvalue weighted by atomic mass is 9.71. The van der Waals surface area contributed by atoms with Gasteiger partial charge in [-0.3, -0.25) is 0 Å². The molecule has 3 rings (SSSR count). The van der Waals surface area contributed by atoms with Crippen LogP contribution < -0.4 is 5.73 Å². The summed E-state index contributed by atoms with van der Waals surface area (Å²) in [6, 6.07) is 8.69. The monoisotopic (exact) mass is 259 g/mol. The fourth-order valence-corrected chi connectivity index (χ4v) is 4.19. The molecule has 1 saturated carbocycles. The fraction of sp³-hybridized carbons (Fsp3) is 0.500. The molecule has 2 aromatic rings. The van der Waals surface area contributed by atoms with Gasteiger partial charge < -0.3 is 5.73 Å². The molecule has 2 heteroatoms. The number of benzene rings is 1. The van der Waals surface area contributed by atoms with Gasteiger partial charge in [0.25, 0.3) is 0 Å². The largest absolute Gasteiger partial charge is 0.325 e. The third-order valence-corrected chi connectivity index (χ3v) is 5.60. The summed E-state index contributed by atoms with van der Waals surface area (Å²) in [4.78, 5) is 0. The zero-order valence-corrected chi connectivity index (χ0v) is 11.8. The molecule has 0 saturated heterocycles. The fourth-order valence-electron chi connectivity index (χ4n) is 3.23. The Morgan fingerprint density at radius 3 is 3.00 bits per heavy atom. The Kier molecular flexibility index (Phi) is 3.16. The lowest BCUT2D eigenvalue weighted by Gasteiger charge is -2.39. The van der Waals surface area contributed by atoms with Crippen LogP contribution in [-0.2, 0) is 6.42 Å².